The predicted molar refractivity (Wildman–Crippen MR) is 14.7 cm³/mol. The van der Waals surface area contributed by atoms with Crippen LogP contribution >= 0.6 is 0 Å². The normalized spacial score (nSPS) is 0. The van der Waals surface area contributed by atoms with Gasteiger partial charge in [0.2, 0.25) is 0 Å². The molecule has 0 saturated heterocycles. The third kappa shape index (κ3) is 8.82. The van der Waals surface area contributed by atoms with Gasteiger partial charge in [0.05, 0.1) is 0 Å². The molecule has 0 atom stereocenters. The van der Waals surface area contributed by atoms with Crippen LogP contribution in [0.15, 0.2) is 0 Å². The third-order valence-electron chi connectivity index (χ3n) is 0. The van der Waals surface area contributed by atoms with E-state index in [0.29, 0.717) is 0 Å². The first kappa shape index (κ1) is 30.5. The molecule has 0 aromatic rings. The maximum atomic E-state index is 0. The van der Waals surface area contributed by atoms with Gasteiger partial charge in [-0.1, -0.05) is 7.43 Å². The van der Waals surface area contributed by atoms with Crippen molar-refractivity contribution in [2.24, 2.45) is 0 Å². The molecule has 0 aromatic heterocycles. The third-order valence-corrected chi connectivity index (χ3v) is 0. The van der Waals surface area contributed by atoms with Crippen LogP contribution in [-0.4, -0.2) is 48.9 Å². The van der Waals surface area contributed by atoms with Crippen molar-refractivity contribution in [1.82, 2.24) is 0 Å². The zero-order chi connectivity index (χ0) is 0. The van der Waals surface area contributed by atoms with E-state index in [0.717, 1.165) is 0 Å². The average Bonchev–Trinajstić information content (AvgIpc) is 0. The second-order valence-corrected chi connectivity index (χ2v) is 0. The van der Waals surface area contributed by atoms with Gasteiger partial charge in [0.15, 0.2) is 0 Å². The summed E-state index contributed by atoms with van der Waals surface area (Å²) in [6, 6.07) is 0. The van der Waals surface area contributed by atoms with Crippen LogP contribution in [0.2, 0.25) is 0 Å². The van der Waals surface area contributed by atoms with E-state index in [9.17, 15) is 0 Å². The molecule has 0 rings (SSSR count). The van der Waals surface area contributed by atoms with Crippen LogP contribution in [0.25, 0.3) is 0 Å². The first-order chi connectivity index (χ1) is 0. The second-order valence-electron chi connectivity index (χ2n) is 0. The minimum atomic E-state index is 0. The van der Waals surface area contributed by atoms with E-state index in [-0.39, 0.29) is 93.3 Å². The Bertz CT molecular complexity index is 13.5. The molecule has 4 heavy (non-hydrogen) atoms. The Morgan fingerprint density at radius 1 is 1.25 bits per heavy atom. The summed E-state index contributed by atoms with van der Waals surface area (Å²) in [5.74, 6) is 0. The molecular weight excluding hydrogens is 260 g/mol. The summed E-state index contributed by atoms with van der Waals surface area (Å²) in [6.45, 7) is 0. The molecule has 0 fully saturated rings. The van der Waals surface area contributed by atoms with Crippen LogP contribution in [0.1, 0.15) is 10.3 Å². The fourth-order valence-electron chi connectivity index (χ4n) is 0. The predicted octanol–water partition coefficient (Wildman–Crippen LogP) is 0.475. The maximum absolute atomic E-state index is 0. The van der Waals surface area contributed by atoms with Crippen molar-refractivity contribution in [1.29, 1.82) is 0 Å². The monoisotopic (exact) mass is 267 g/mol. The first-order valence-corrected chi connectivity index (χ1v) is 0. The Kier molecular flexibility index (Phi) is 134. The Labute approximate surface area is 91.5 Å². The molecule has 1 radical (unpaired) electrons. The molecule has 0 aromatic carbocycles. The topological polar surface area (TPSA) is 0 Å². The van der Waals surface area contributed by atoms with Crippen molar-refractivity contribution < 1.29 is 37.0 Å². The van der Waals surface area contributed by atoms with Crippen LogP contribution in [0, 0.1) is 0 Å². The molecule has 0 bridgehead atoms. The standard InChI is InChI=1S/CH4.Ba.Fe.Mn.2H/h1H4;;;;;/q;+2;;;2*-1. The molecule has 0 unspecified atom stereocenters. The Morgan fingerprint density at radius 3 is 1.25 bits per heavy atom. The van der Waals surface area contributed by atoms with E-state index in [1.165, 1.54) is 0 Å². The molecule has 0 heterocycles. The minimum Gasteiger partial charge on any atom is -1.00 e. The molecule has 0 nitrogen and oxygen atoms in total. The molecule has 0 aliphatic rings. The molecule has 0 spiro atoms. The molecule has 0 saturated carbocycles. The van der Waals surface area contributed by atoms with Crippen LogP contribution in [0.4, 0.5) is 0 Å². The van der Waals surface area contributed by atoms with Crippen molar-refractivity contribution in [3.05, 3.63) is 0 Å². The fourth-order valence-corrected chi connectivity index (χ4v) is 0. The van der Waals surface area contributed by atoms with Gasteiger partial charge >= 0.3 is 48.9 Å². The van der Waals surface area contributed by atoms with Gasteiger partial charge in [0, 0.05) is 34.1 Å². The van der Waals surface area contributed by atoms with Crippen molar-refractivity contribution >= 4 is 48.9 Å². The smallest absolute Gasteiger partial charge is 1.00 e. The van der Waals surface area contributed by atoms with E-state index in [2.05, 4.69) is 0 Å². The van der Waals surface area contributed by atoms with Gasteiger partial charge < -0.3 is 2.85 Å². The quantitative estimate of drug-likeness (QED) is 0.559. The number of hydrogen-bond acceptors (Lipinski definition) is 0. The maximum Gasteiger partial charge on any atom is 2.00 e. The first-order valence-electron chi connectivity index (χ1n) is 0. The number of rotatable bonds is 0. The van der Waals surface area contributed by atoms with Gasteiger partial charge in [-0.15, -0.1) is 0 Å². The van der Waals surface area contributed by atoms with Crippen molar-refractivity contribution in [2.45, 2.75) is 7.43 Å². The van der Waals surface area contributed by atoms with E-state index in [1.807, 2.05) is 0 Å². The average molecular weight is 266 g/mol. The van der Waals surface area contributed by atoms with Crippen molar-refractivity contribution in [2.75, 3.05) is 0 Å². The fraction of sp³-hybridized carbons (Fsp3) is 1.00. The summed E-state index contributed by atoms with van der Waals surface area (Å²) in [7, 11) is 0. The van der Waals surface area contributed by atoms with Gasteiger partial charge in [0.1, 0.15) is 0 Å². The SMILES string of the molecule is C.[Ba+2].[Fe].[H-].[H-].[Mn]. The van der Waals surface area contributed by atoms with Crippen molar-refractivity contribution in [3.63, 3.8) is 0 Å². The molecule has 3 heteroatoms. The van der Waals surface area contributed by atoms with Crippen LogP contribution < -0.4 is 0 Å². The van der Waals surface area contributed by atoms with Gasteiger partial charge in [-0.05, 0) is 0 Å². The Balaban J connectivity index is 0. The summed E-state index contributed by atoms with van der Waals surface area (Å²) >= 11 is 0. The largest absolute Gasteiger partial charge is 2.00 e. The zero-order valence-corrected chi connectivity index (χ0v) is 8.16. The molecule has 0 aliphatic heterocycles. The Morgan fingerprint density at radius 2 is 1.25 bits per heavy atom. The van der Waals surface area contributed by atoms with E-state index in [1.54, 1.807) is 0 Å². The van der Waals surface area contributed by atoms with Gasteiger partial charge in [-0.25, -0.2) is 0 Å². The van der Waals surface area contributed by atoms with E-state index >= 15 is 0 Å². The molecular formula is CH6BaFeMn. The summed E-state index contributed by atoms with van der Waals surface area (Å²) in [5, 5.41) is 0. The summed E-state index contributed by atoms with van der Waals surface area (Å²) in [6.07, 6.45) is 0. The zero-order valence-electron chi connectivity index (χ0n) is 3.44. The van der Waals surface area contributed by atoms with Crippen molar-refractivity contribution in [3.8, 4) is 0 Å². The summed E-state index contributed by atoms with van der Waals surface area (Å²) in [5.41, 5.74) is 0. The van der Waals surface area contributed by atoms with Gasteiger partial charge in [0.25, 0.3) is 0 Å². The van der Waals surface area contributed by atoms with E-state index in [4.69, 9.17) is 0 Å². The molecule has 0 N–H and O–H groups in total. The Hall–Kier alpha value is 2.61. The van der Waals surface area contributed by atoms with Crippen LogP contribution in [0.3, 0.4) is 0 Å². The number of hydrogen-bond donors (Lipinski definition) is 0. The van der Waals surface area contributed by atoms with Crippen LogP contribution in [-0.2, 0) is 34.1 Å². The molecule has 0 amide bonds. The van der Waals surface area contributed by atoms with Gasteiger partial charge in [-0.2, -0.15) is 0 Å². The minimum absolute atomic E-state index is 0. The van der Waals surface area contributed by atoms with Crippen LogP contribution in [0.5, 0.6) is 0 Å². The summed E-state index contributed by atoms with van der Waals surface area (Å²) in [4.78, 5) is 0. The van der Waals surface area contributed by atoms with E-state index < -0.39 is 0 Å². The second kappa shape index (κ2) is 17.5. The summed E-state index contributed by atoms with van der Waals surface area (Å²) < 4.78 is 0. The molecule has 27 valence electrons. The molecule has 0 aliphatic carbocycles. The van der Waals surface area contributed by atoms with Gasteiger partial charge in [-0.3, -0.25) is 0 Å².